The van der Waals surface area contributed by atoms with Gasteiger partial charge in [0.15, 0.2) is 6.10 Å². The van der Waals surface area contributed by atoms with Crippen molar-refractivity contribution in [2.75, 3.05) is 6.54 Å². The topological polar surface area (TPSA) is 21.3 Å². The molecule has 1 aliphatic carbocycles. The maximum absolute atomic E-state index is 12.5. The molecule has 2 aliphatic rings. The fraction of sp³-hybridized carbons (Fsp3) is 0.900. The van der Waals surface area contributed by atoms with Crippen molar-refractivity contribution in [3.8, 4) is 0 Å². The molecule has 92 valence electrons. The fourth-order valence-corrected chi connectivity index (χ4v) is 2.69. The first-order valence-electron chi connectivity index (χ1n) is 5.48. The summed E-state index contributed by atoms with van der Waals surface area (Å²) < 4.78 is 42.7. The van der Waals surface area contributed by atoms with Crippen LogP contribution >= 0.6 is 12.2 Å². The zero-order chi connectivity index (χ0) is 11.8. The molecule has 1 aliphatic heterocycles. The Hall–Kier alpha value is -0.360. The Bertz CT molecular complexity index is 276. The quantitative estimate of drug-likeness (QED) is 0.725. The molecule has 0 amide bonds. The van der Waals surface area contributed by atoms with Gasteiger partial charge in [-0.25, -0.2) is 0 Å². The van der Waals surface area contributed by atoms with Crippen LogP contribution in [0.15, 0.2) is 0 Å². The van der Waals surface area contributed by atoms with Gasteiger partial charge in [-0.3, -0.25) is 0 Å². The summed E-state index contributed by atoms with van der Waals surface area (Å²) in [5, 5.41) is 2.65. The minimum Gasteiger partial charge on any atom is -0.375 e. The van der Waals surface area contributed by atoms with Gasteiger partial charge in [-0.05, 0) is 18.8 Å². The first kappa shape index (κ1) is 12.1. The SMILES string of the molecule is FC(F)(F)[C@H]1CNC(=S)[C@H](C2CCCC2)O1. The van der Waals surface area contributed by atoms with E-state index in [1.165, 1.54) is 0 Å². The smallest absolute Gasteiger partial charge is 0.375 e. The normalized spacial score (nSPS) is 32.8. The summed E-state index contributed by atoms with van der Waals surface area (Å²) in [7, 11) is 0. The number of halogens is 3. The van der Waals surface area contributed by atoms with Gasteiger partial charge in [-0.15, -0.1) is 0 Å². The van der Waals surface area contributed by atoms with Crippen molar-refractivity contribution in [1.82, 2.24) is 5.32 Å². The van der Waals surface area contributed by atoms with Gasteiger partial charge in [0.05, 0.1) is 6.54 Å². The fourth-order valence-electron chi connectivity index (χ4n) is 2.36. The second kappa shape index (κ2) is 4.49. The Labute approximate surface area is 97.5 Å². The Morgan fingerprint density at radius 2 is 1.88 bits per heavy atom. The van der Waals surface area contributed by atoms with Crippen LogP contribution in [0.5, 0.6) is 0 Å². The molecule has 0 unspecified atom stereocenters. The second-order valence-corrected chi connectivity index (χ2v) is 4.82. The Balaban J connectivity index is 2.02. The molecule has 1 heterocycles. The zero-order valence-corrected chi connectivity index (χ0v) is 9.53. The first-order valence-corrected chi connectivity index (χ1v) is 5.89. The number of thiocarbonyl (C=S) groups is 1. The molecule has 1 saturated heterocycles. The lowest BCUT2D eigenvalue weighted by Gasteiger charge is -2.35. The predicted octanol–water partition coefficient (Wildman–Crippen LogP) is 2.42. The van der Waals surface area contributed by atoms with Crippen molar-refractivity contribution < 1.29 is 17.9 Å². The van der Waals surface area contributed by atoms with E-state index in [2.05, 4.69) is 5.32 Å². The van der Waals surface area contributed by atoms with Crippen molar-refractivity contribution in [3.05, 3.63) is 0 Å². The maximum Gasteiger partial charge on any atom is 0.416 e. The van der Waals surface area contributed by atoms with E-state index in [1.54, 1.807) is 0 Å². The lowest BCUT2D eigenvalue weighted by Crippen LogP contribution is -2.55. The van der Waals surface area contributed by atoms with Gasteiger partial charge in [0, 0.05) is 0 Å². The zero-order valence-electron chi connectivity index (χ0n) is 8.72. The Morgan fingerprint density at radius 3 is 2.44 bits per heavy atom. The number of nitrogens with one attached hydrogen (secondary N) is 1. The molecule has 0 aromatic carbocycles. The molecule has 1 saturated carbocycles. The van der Waals surface area contributed by atoms with E-state index >= 15 is 0 Å². The van der Waals surface area contributed by atoms with Crippen LogP contribution in [-0.2, 0) is 4.74 Å². The van der Waals surface area contributed by atoms with Gasteiger partial charge in [-0.1, -0.05) is 25.1 Å². The average molecular weight is 253 g/mol. The summed E-state index contributed by atoms with van der Waals surface area (Å²) in [6.45, 7) is -0.258. The third-order valence-electron chi connectivity index (χ3n) is 3.22. The van der Waals surface area contributed by atoms with Gasteiger partial charge in [0.2, 0.25) is 0 Å². The number of morpholine rings is 1. The van der Waals surface area contributed by atoms with E-state index in [-0.39, 0.29) is 12.5 Å². The summed E-state index contributed by atoms with van der Waals surface area (Å²) in [6, 6.07) is 0. The molecule has 2 atom stereocenters. The molecular weight excluding hydrogens is 239 g/mol. The second-order valence-electron chi connectivity index (χ2n) is 4.38. The number of ether oxygens (including phenoxy) is 1. The predicted molar refractivity (Wildman–Crippen MR) is 57.3 cm³/mol. The van der Waals surface area contributed by atoms with Crippen molar-refractivity contribution in [2.24, 2.45) is 5.92 Å². The number of hydrogen-bond donors (Lipinski definition) is 1. The molecule has 0 spiro atoms. The molecule has 2 nitrogen and oxygen atoms in total. The van der Waals surface area contributed by atoms with Crippen LogP contribution in [0.3, 0.4) is 0 Å². The summed E-state index contributed by atoms with van der Waals surface area (Å²) in [5.41, 5.74) is 0. The molecule has 1 N–H and O–H groups in total. The average Bonchev–Trinajstić information content (AvgIpc) is 2.69. The van der Waals surface area contributed by atoms with Crippen LogP contribution in [0.2, 0.25) is 0 Å². The summed E-state index contributed by atoms with van der Waals surface area (Å²) in [4.78, 5) is 0.437. The largest absolute Gasteiger partial charge is 0.416 e. The highest BCUT2D eigenvalue weighted by molar-refractivity contribution is 7.80. The number of alkyl halides is 3. The highest BCUT2D eigenvalue weighted by Gasteiger charge is 2.46. The molecule has 0 aromatic heterocycles. The maximum atomic E-state index is 12.5. The van der Waals surface area contributed by atoms with Crippen LogP contribution in [0.1, 0.15) is 25.7 Å². The van der Waals surface area contributed by atoms with Crippen LogP contribution in [0.4, 0.5) is 13.2 Å². The third kappa shape index (κ3) is 2.48. The number of hydrogen-bond acceptors (Lipinski definition) is 2. The van der Waals surface area contributed by atoms with Crippen molar-refractivity contribution in [1.29, 1.82) is 0 Å². The van der Waals surface area contributed by atoms with Crippen molar-refractivity contribution in [3.63, 3.8) is 0 Å². The van der Waals surface area contributed by atoms with E-state index in [0.717, 1.165) is 25.7 Å². The van der Waals surface area contributed by atoms with Crippen molar-refractivity contribution >= 4 is 17.2 Å². The standard InChI is InChI=1S/C10H14F3NOS/c11-10(12,13)7-5-14-9(16)8(15-7)6-3-1-2-4-6/h6-8H,1-5H2,(H,14,16)/t7-,8+/m1/s1. The first-order chi connectivity index (χ1) is 7.48. The van der Waals surface area contributed by atoms with Gasteiger partial charge in [0.1, 0.15) is 11.1 Å². The summed E-state index contributed by atoms with van der Waals surface area (Å²) in [6.07, 6.45) is -2.62. The number of rotatable bonds is 1. The Kier molecular flexibility index (Phi) is 3.39. The van der Waals surface area contributed by atoms with E-state index in [9.17, 15) is 13.2 Å². The molecular formula is C10H14F3NOS. The highest BCUT2D eigenvalue weighted by Crippen LogP contribution is 2.34. The summed E-state index contributed by atoms with van der Waals surface area (Å²) >= 11 is 5.04. The van der Waals surface area contributed by atoms with E-state index in [4.69, 9.17) is 17.0 Å². The van der Waals surface area contributed by atoms with Crippen molar-refractivity contribution in [2.45, 2.75) is 44.1 Å². The monoisotopic (exact) mass is 253 g/mol. The van der Waals surface area contributed by atoms with Crippen LogP contribution < -0.4 is 5.32 Å². The molecule has 16 heavy (non-hydrogen) atoms. The Morgan fingerprint density at radius 1 is 1.25 bits per heavy atom. The van der Waals surface area contributed by atoms with Gasteiger partial charge >= 0.3 is 6.18 Å². The van der Waals surface area contributed by atoms with E-state index in [1.807, 2.05) is 0 Å². The third-order valence-corrected chi connectivity index (χ3v) is 3.60. The molecule has 0 aromatic rings. The molecule has 0 radical (unpaired) electrons. The molecule has 6 heteroatoms. The molecule has 0 bridgehead atoms. The van der Waals surface area contributed by atoms with Crippen LogP contribution in [-0.4, -0.2) is 29.9 Å². The lowest BCUT2D eigenvalue weighted by molar-refractivity contribution is -0.231. The molecule has 2 rings (SSSR count). The van der Waals surface area contributed by atoms with Crippen LogP contribution in [0.25, 0.3) is 0 Å². The minimum absolute atomic E-state index is 0.158. The van der Waals surface area contributed by atoms with Crippen LogP contribution in [0, 0.1) is 5.92 Å². The van der Waals surface area contributed by atoms with E-state index in [0.29, 0.717) is 4.99 Å². The van der Waals surface area contributed by atoms with Gasteiger partial charge in [0.25, 0.3) is 0 Å². The van der Waals surface area contributed by atoms with Gasteiger partial charge < -0.3 is 10.1 Å². The minimum atomic E-state index is -4.31. The highest BCUT2D eigenvalue weighted by atomic mass is 32.1. The van der Waals surface area contributed by atoms with Gasteiger partial charge in [-0.2, -0.15) is 13.2 Å². The molecule has 2 fully saturated rings. The van der Waals surface area contributed by atoms with E-state index < -0.39 is 18.4 Å². The lowest BCUT2D eigenvalue weighted by atomic mass is 9.99. The summed E-state index contributed by atoms with van der Waals surface area (Å²) in [5.74, 6) is 0.158.